The minimum Gasteiger partial charge on any atom is -0.460 e. The Bertz CT molecular complexity index is 337. The van der Waals surface area contributed by atoms with E-state index in [0.717, 1.165) is 18.4 Å². The number of hydrogen-bond donors (Lipinski definition) is 2. The van der Waals surface area contributed by atoms with Crippen molar-refractivity contribution in [3.05, 3.63) is 35.9 Å². The normalized spacial score (nSPS) is 10.8. The predicted octanol–water partition coefficient (Wildman–Crippen LogP) is 2.03. The van der Waals surface area contributed by atoms with E-state index in [1.54, 1.807) is 0 Å². The fourth-order valence-corrected chi connectivity index (χ4v) is 1.46. The van der Waals surface area contributed by atoms with Crippen LogP contribution in [0.2, 0.25) is 0 Å². The Kier molecular flexibility index (Phi) is 13.2. The number of hydrogen-bond acceptors (Lipinski definition) is 4. The van der Waals surface area contributed by atoms with E-state index in [2.05, 4.69) is 0 Å². The summed E-state index contributed by atoms with van der Waals surface area (Å²) in [4.78, 5) is 11.5. The highest BCUT2D eigenvalue weighted by atomic mass is 35.5. The van der Waals surface area contributed by atoms with Crippen LogP contribution in [0.5, 0.6) is 0 Å². The van der Waals surface area contributed by atoms with E-state index in [-0.39, 0.29) is 37.4 Å². The zero-order valence-electron chi connectivity index (χ0n) is 10.8. The topological polar surface area (TPSA) is 78.3 Å². The molecule has 4 nitrogen and oxygen atoms in total. The van der Waals surface area contributed by atoms with Gasteiger partial charge in [-0.25, -0.2) is 0 Å². The Balaban J connectivity index is 0. The first-order valence-electron chi connectivity index (χ1n) is 5.90. The molecule has 6 heteroatoms. The van der Waals surface area contributed by atoms with Gasteiger partial charge in [-0.1, -0.05) is 36.8 Å². The van der Waals surface area contributed by atoms with Gasteiger partial charge in [0.25, 0.3) is 0 Å². The Morgan fingerprint density at radius 1 is 1.16 bits per heavy atom. The van der Waals surface area contributed by atoms with E-state index in [9.17, 15) is 4.79 Å². The highest BCUT2D eigenvalue weighted by Gasteiger charge is 2.14. The first-order valence-corrected chi connectivity index (χ1v) is 5.90. The summed E-state index contributed by atoms with van der Waals surface area (Å²) in [5.74, 6) is -0.342. The molecule has 0 aromatic heterocycles. The van der Waals surface area contributed by atoms with E-state index in [4.69, 9.17) is 16.2 Å². The number of esters is 1. The molecule has 110 valence electrons. The lowest BCUT2D eigenvalue weighted by molar-refractivity contribution is -0.146. The number of benzene rings is 1. The lowest BCUT2D eigenvalue weighted by Gasteiger charge is -2.11. The van der Waals surface area contributed by atoms with E-state index in [1.165, 1.54) is 0 Å². The number of rotatable bonds is 7. The van der Waals surface area contributed by atoms with Gasteiger partial charge in [0.15, 0.2) is 0 Å². The molecule has 1 aromatic rings. The van der Waals surface area contributed by atoms with Crippen molar-refractivity contribution in [1.29, 1.82) is 0 Å². The average Bonchev–Trinajstić information content (AvgIpc) is 2.37. The Labute approximate surface area is 126 Å². The van der Waals surface area contributed by atoms with E-state index >= 15 is 0 Å². The second kappa shape index (κ2) is 12.2. The van der Waals surface area contributed by atoms with Gasteiger partial charge >= 0.3 is 5.97 Å². The summed E-state index contributed by atoms with van der Waals surface area (Å²) in [6.45, 7) is 0.913. The van der Waals surface area contributed by atoms with Crippen LogP contribution in [0.3, 0.4) is 0 Å². The SMILES string of the molecule is Cl.Cl.NCCCCC(N)C(=O)OCc1ccccc1. The van der Waals surface area contributed by atoms with Crippen LogP contribution in [-0.4, -0.2) is 18.6 Å². The molecule has 19 heavy (non-hydrogen) atoms. The number of carbonyl (C=O) groups excluding carboxylic acids is 1. The molecular formula is C13H22Cl2N2O2. The first kappa shape index (κ1) is 20.5. The standard InChI is InChI=1S/C13H20N2O2.2ClH/c14-9-5-4-8-12(15)13(16)17-10-11-6-2-1-3-7-11;;/h1-3,6-7,12H,4-5,8-10,14-15H2;2*1H. The molecule has 0 radical (unpaired) electrons. The summed E-state index contributed by atoms with van der Waals surface area (Å²) in [6.07, 6.45) is 2.38. The zero-order valence-corrected chi connectivity index (χ0v) is 12.4. The zero-order chi connectivity index (χ0) is 12.5. The molecule has 0 amide bonds. The third-order valence-electron chi connectivity index (χ3n) is 2.50. The van der Waals surface area contributed by atoms with E-state index in [1.807, 2.05) is 30.3 Å². The van der Waals surface area contributed by atoms with Crippen molar-refractivity contribution in [1.82, 2.24) is 0 Å². The van der Waals surface area contributed by atoms with Gasteiger partial charge in [-0.05, 0) is 24.9 Å². The van der Waals surface area contributed by atoms with Crippen molar-refractivity contribution in [3.8, 4) is 0 Å². The molecule has 0 saturated heterocycles. The van der Waals surface area contributed by atoms with Crippen LogP contribution in [0, 0.1) is 0 Å². The van der Waals surface area contributed by atoms with Crippen molar-refractivity contribution < 1.29 is 9.53 Å². The molecule has 1 atom stereocenters. The van der Waals surface area contributed by atoms with Gasteiger partial charge in [0, 0.05) is 0 Å². The first-order chi connectivity index (χ1) is 8.24. The van der Waals surface area contributed by atoms with Gasteiger partial charge in [-0.2, -0.15) is 0 Å². The van der Waals surface area contributed by atoms with Crippen molar-refractivity contribution in [2.75, 3.05) is 6.54 Å². The lowest BCUT2D eigenvalue weighted by Crippen LogP contribution is -2.32. The molecule has 1 unspecified atom stereocenters. The second-order valence-corrected chi connectivity index (χ2v) is 3.98. The molecule has 0 saturated carbocycles. The number of ether oxygens (including phenoxy) is 1. The molecular weight excluding hydrogens is 287 g/mol. The summed E-state index contributed by atoms with van der Waals surface area (Å²) < 4.78 is 5.13. The van der Waals surface area contributed by atoms with Crippen LogP contribution < -0.4 is 11.5 Å². The fraction of sp³-hybridized carbons (Fsp3) is 0.462. The molecule has 0 bridgehead atoms. The van der Waals surface area contributed by atoms with Crippen LogP contribution in [0.1, 0.15) is 24.8 Å². The summed E-state index contributed by atoms with van der Waals surface area (Å²) in [5, 5.41) is 0. The molecule has 1 rings (SSSR count). The molecule has 0 aliphatic rings. The van der Waals surface area contributed by atoms with Crippen LogP contribution in [0.25, 0.3) is 0 Å². The number of nitrogens with two attached hydrogens (primary N) is 2. The minimum absolute atomic E-state index is 0. The molecule has 0 spiro atoms. The minimum atomic E-state index is -0.537. The molecule has 0 aliphatic carbocycles. The van der Waals surface area contributed by atoms with Crippen molar-refractivity contribution in [3.63, 3.8) is 0 Å². The van der Waals surface area contributed by atoms with E-state index < -0.39 is 6.04 Å². The monoisotopic (exact) mass is 308 g/mol. The van der Waals surface area contributed by atoms with Gasteiger partial charge in [-0.3, -0.25) is 4.79 Å². The maximum atomic E-state index is 11.5. The molecule has 4 N–H and O–H groups in total. The summed E-state index contributed by atoms with van der Waals surface area (Å²) >= 11 is 0. The molecule has 0 heterocycles. The number of unbranched alkanes of at least 4 members (excludes halogenated alkanes) is 1. The fourth-order valence-electron chi connectivity index (χ4n) is 1.46. The van der Waals surface area contributed by atoms with Crippen molar-refractivity contribution in [2.24, 2.45) is 11.5 Å². The molecule has 0 fully saturated rings. The predicted molar refractivity (Wildman–Crippen MR) is 81.6 cm³/mol. The third-order valence-corrected chi connectivity index (χ3v) is 2.50. The van der Waals surface area contributed by atoms with Gasteiger partial charge < -0.3 is 16.2 Å². The maximum absolute atomic E-state index is 11.5. The van der Waals surface area contributed by atoms with Gasteiger partial charge in [-0.15, -0.1) is 24.8 Å². The van der Waals surface area contributed by atoms with E-state index in [0.29, 0.717) is 13.0 Å². The van der Waals surface area contributed by atoms with Crippen LogP contribution >= 0.6 is 24.8 Å². The Hall–Kier alpha value is -0.810. The van der Waals surface area contributed by atoms with Crippen LogP contribution in [0.4, 0.5) is 0 Å². The van der Waals surface area contributed by atoms with Crippen molar-refractivity contribution in [2.45, 2.75) is 31.9 Å². The lowest BCUT2D eigenvalue weighted by atomic mass is 10.1. The van der Waals surface area contributed by atoms with Gasteiger partial charge in [0.05, 0.1) is 0 Å². The highest BCUT2D eigenvalue weighted by Crippen LogP contribution is 2.04. The largest absolute Gasteiger partial charge is 0.460 e. The number of halogens is 2. The van der Waals surface area contributed by atoms with Crippen molar-refractivity contribution >= 4 is 30.8 Å². The highest BCUT2D eigenvalue weighted by molar-refractivity contribution is 5.85. The number of carbonyl (C=O) groups is 1. The molecule has 1 aromatic carbocycles. The Morgan fingerprint density at radius 3 is 2.37 bits per heavy atom. The van der Waals surface area contributed by atoms with Gasteiger partial charge in [0.2, 0.25) is 0 Å². The quantitative estimate of drug-likeness (QED) is 0.597. The summed E-state index contributed by atoms with van der Waals surface area (Å²) in [5.41, 5.74) is 12.0. The summed E-state index contributed by atoms with van der Waals surface area (Å²) in [7, 11) is 0. The smallest absolute Gasteiger partial charge is 0.323 e. The average molecular weight is 309 g/mol. The third kappa shape index (κ3) is 8.83. The van der Waals surface area contributed by atoms with Crippen LogP contribution in [-0.2, 0) is 16.1 Å². The molecule has 0 aliphatic heterocycles. The maximum Gasteiger partial charge on any atom is 0.323 e. The summed E-state index contributed by atoms with van der Waals surface area (Å²) in [6, 6.07) is 9.02. The second-order valence-electron chi connectivity index (χ2n) is 3.98. The Morgan fingerprint density at radius 2 is 1.79 bits per heavy atom. The van der Waals surface area contributed by atoms with Crippen LogP contribution in [0.15, 0.2) is 30.3 Å². The van der Waals surface area contributed by atoms with Gasteiger partial charge in [0.1, 0.15) is 12.6 Å².